The van der Waals surface area contributed by atoms with Crippen molar-refractivity contribution in [2.24, 2.45) is 11.1 Å². The van der Waals surface area contributed by atoms with E-state index in [9.17, 15) is 4.79 Å². The molecule has 2 N–H and O–H groups in total. The first-order valence-corrected chi connectivity index (χ1v) is 6.12. The summed E-state index contributed by atoms with van der Waals surface area (Å²) >= 11 is 0. The third kappa shape index (κ3) is 2.74. The van der Waals surface area contributed by atoms with Crippen LogP contribution in [0.15, 0.2) is 0 Å². The van der Waals surface area contributed by atoms with E-state index in [2.05, 4.69) is 18.9 Å². The van der Waals surface area contributed by atoms with Crippen LogP contribution in [0.2, 0.25) is 0 Å². The Labute approximate surface area is 98.8 Å². The Balaban J connectivity index is 2.65. The molecule has 1 rings (SSSR count). The Morgan fingerprint density at radius 3 is 2.56 bits per heavy atom. The van der Waals surface area contributed by atoms with E-state index in [1.165, 1.54) is 0 Å². The summed E-state index contributed by atoms with van der Waals surface area (Å²) in [5.74, 6) is 0.196. The third-order valence-electron chi connectivity index (χ3n) is 3.62. The van der Waals surface area contributed by atoms with Gasteiger partial charge in [-0.05, 0) is 27.3 Å². The van der Waals surface area contributed by atoms with Gasteiger partial charge in [0.2, 0.25) is 5.91 Å². The number of amides is 1. The van der Waals surface area contributed by atoms with E-state index in [4.69, 9.17) is 5.73 Å². The second kappa shape index (κ2) is 5.15. The lowest BCUT2D eigenvalue weighted by Gasteiger charge is -2.41. The summed E-state index contributed by atoms with van der Waals surface area (Å²) in [7, 11) is 2.13. The van der Waals surface area contributed by atoms with Crippen LogP contribution < -0.4 is 5.73 Å². The lowest BCUT2D eigenvalue weighted by atomic mass is 9.91. The van der Waals surface area contributed by atoms with Gasteiger partial charge in [-0.15, -0.1) is 0 Å². The molecule has 4 heteroatoms. The first-order chi connectivity index (χ1) is 7.42. The number of likely N-dealkylation sites (N-methyl/N-ethyl adjacent to an activating group) is 1. The molecule has 0 saturated carbocycles. The lowest BCUT2D eigenvalue weighted by molar-refractivity contribution is -0.142. The van der Waals surface area contributed by atoms with Gasteiger partial charge in [0, 0.05) is 32.2 Å². The zero-order valence-electron chi connectivity index (χ0n) is 11.0. The average molecular weight is 227 g/mol. The second-order valence-electron chi connectivity index (χ2n) is 5.38. The molecule has 0 radical (unpaired) electrons. The molecule has 1 atom stereocenters. The first kappa shape index (κ1) is 13.5. The number of carbonyl (C=O) groups is 1. The largest absolute Gasteiger partial charge is 0.339 e. The summed E-state index contributed by atoms with van der Waals surface area (Å²) in [4.78, 5) is 16.6. The summed E-state index contributed by atoms with van der Waals surface area (Å²) in [6.07, 6.45) is 1.09. The predicted octanol–water partition coefficient (Wildman–Crippen LogP) is 0.524. The fourth-order valence-corrected chi connectivity index (χ4v) is 2.09. The minimum atomic E-state index is -0.422. The van der Waals surface area contributed by atoms with Crippen LogP contribution in [-0.4, -0.2) is 55.0 Å². The molecule has 1 aliphatic heterocycles. The van der Waals surface area contributed by atoms with E-state index in [1.54, 1.807) is 0 Å². The van der Waals surface area contributed by atoms with Gasteiger partial charge in [-0.2, -0.15) is 0 Å². The molecule has 16 heavy (non-hydrogen) atoms. The van der Waals surface area contributed by atoms with E-state index in [1.807, 2.05) is 18.7 Å². The minimum absolute atomic E-state index is 0.196. The second-order valence-corrected chi connectivity index (χ2v) is 5.38. The van der Waals surface area contributed by atoms with Crippen molar-refractivity contribution in [2.45, 2.75) is 33.2 Å². The normalized spacial score (nSPS) is 23.6. The van der Waals surface area contributed by atoms with Gasteiger partial charge in [-0.1, -0.05) is 6.92 Å². The topological polar surface area (TPSA) is 49.6 Å². The van der Waals surface area contributed by atoms with Gasteiger partial charge in [-0.3, -0.25) is 9.69 Å². The van der Waals surface area contributed by atoms with Gasteiger partial charge in [0.05, 0.1) is 5.41 Å². The number of hydrogen-bond donors (Lipinski definition) is 1. The van der Waals surface area contributed by atoms with Gasteiger partial charge in [-0.25, -0.2) is 0 Å². The molecule has 94 valence electrons. The number of hydrogen-bond acceptors (Lipinski definition) is 3. The molecule has 0 aromatic rings. The molecule has 1 unspecified atom stereocenters. The maximum Gasteiger partial charge on any atom is 0.229 e. The van der Waals surface area contributed by atoms with E-state index < -0.39 is 5.41 Å². The smallest absolute Gasteiger partial charge is 0.229 e. The van der Waals surface area contributed by atoms with E-state index in [0.29, 0.717) is 12.6 Å². The monoisotopic (exact) mass is 227 g/mol. The van der Waals surface area contributed by atoms with Crippen LogP contribution in [0, 0.1) is 5.41 Å². The average Bonchev–Trinajstić information content (AvgIpc) is 2.28. The molecule has 0 bridgehead atoms. The standard InChI is InChI=1S/C12H25N3O/c1-5-10-8-15(7-6-14(10)4)11(16)12(2,3)9-13/h10H,5-9,13H2,1-4H3. The van der Waals surface area contributed by atoms with E-state index >= 15 is 0 Å². The zero-order valence-corrected chi connectivity index (χ0v) is 11.0. The SMILES string of the molecule is CCC1CN(C(=O)C(C)(C)CN)CCN1C. The van der Waals surface area contributed by atoms with Gasteiger partial charge in [0.1, 0.15) is 0 Å². The Morgan fingerprint density at radius 2 is 2.06 bits per heavy atom. The molecular formula is C12H25N3O. The van der Waals surface area contributed by atoms with Crippen LogP contribution in [0.3, 0.4) is 0 Å². The molecular weight excluding hydrogens is 202 g/mol. The number of carbonyl (C=O) groups excluding carboxylic acids is 1. The van der Waals surface area contributed by atoms with Crippen LogP contribution in [0.4, 0.5) is 0 Å². The maximum absolute atomic E-state index is 12.2. The minimum Gasteiger partial charge on any atom is -0.339 e. The highest BCUT2D eigenvalue weighted by molar-refractivity contribution is 5.82. The molecule has 1 heterocycles. The van der Waals surface area contributed by atoms with Crippen LogP contribution in [0.25, 0.3) is 0 Å². The van der Waals surface area contributed by atoms with Gasteiger partial charge < -0.3 is 10.6 Å². The number of rotatable bonds is 3. The number of piperazine rings is 1. The van der Waals surface area contributed by atoms with Crippen LogP contribution in [0.1, 0.15) is 27.2 Å². The van der Waals surface area contributed by atoms with Crippen molar-refractivity contribution in [3.8, 4) is 0 Å². The number of nitrogens with two attached hydrogens (primary N) is 1. The van der Waals surface area contributed by atoms with Crippen LogP contribution in [-0.2, 0) is 4.79 Å². The summed E-state index contributed by atoms with van der Waals surface area (Å²) in [6.45, 7) is 9.07. The molecule has 4 nitrogen and oxygen atoms in total. The van der Waals surface area contributed by atoms with E-state index in [-0.39, 0.29) is 5.91 Å². The molecule has 0 aromatic carbocycles. The Hall–Kier alpha value is -0.610. The van der Waals surface area contributed by atoms with Crippen LogP contribution in [0.5, 0.6) is 0 Å². The van der Waals surface area contributed by atoms with Crippen molar-refractivity contribution in [3.63, 3.8) is 0 Å². The van der Waals surface area contributed by atoms with E-state index in [0.717, 1.165) is 26.1 Å². The van der Waals surface area contributed by atoms with Crippen molar-refractivity contribution in [1.82, 2.24) is 9.80 Å². The molecule has 1 saturated heterocycles. The zero-order chi connectivity index (χ0) is 12.3. The predicted molar refractivity (Wildman–Crippen MR) is 66.1 cm³/mol. The summed E-state index contributed by atoms with van der Waals surface area (Å²) in [6, 6.07) is 0.492. The maximum atomic E-state index is 12.2. The van der Waals surface area contributed by atoms with Gasteiger partial charge >= 0.3 is 0 Å². The molecule has 1 aliphatic rings. The molecule has 1 amide bonds. The van der Waals surface area contributed by atoms with Crippen molar-refractivity contribution in [2.75, 3.05) is 33.2 Å². The molecule has 0 spiro atoms. The highest BCUT2D eigenvalue weighted by atomic mass is 16.2. The summed E-state index contributed by atoms with van der Waals surface area (Å²) in [5.41, 5.74) is 5.23. The van der Waals surface area contributed by atoms with Crippen molar-refractivity contribution < 1.29 is 4.79 Å². The number of nitrogens with zero attached hydrogens (tertiary/aromatic N) is 2. The fourth-order valence-electron chi connectivity index (χ4n) is 2.09. The fraction of sp³-hybridized carbons (Fsp3) is 0.917. The third-order valence-corrected chi connectivity index (χ3v) is 3.62. The Kier molecular flexibility index (Phi) is 4.33. The highest BCUT2D eigenvalue weighted by Crippen LogP contribution is 2.20. The lowest BCUT2D eigenvalue weighted by Crippen LogP contribution is -2.56. The Morgan fingerprint density at radius 1 is 1.44 bits per heavy atom. The summed E-state index contributed by atoms with van der Waals surface area (Å²) < 4.78 is 0. The van der Waals surface area contributed by atoms with Crippen molar-refractivity contribution >= 4 is 5.91 Å². The Bertz CT molecular complexity index is 253. The van der Waals surface area contributed by atoms with Crippen LogP contribution >= 0.6 is 0 Å². The quantitative estimate of drug-likeness (QED) is 0.765. The molecule has 0 aliphatic carbocycles. The summed E-state index contributed by atoms with van der Waals surface area (Å²) in [5, 5.41) is 0. The van der Waals surface area contributed by atoms with Gasteiger partial charge in [0.15, 0.2) is 0 Å². The molecule has 0 aromatic heterocycles. The van der Waals surface area contributed by atoms with Crippen molar-refractivity contribution in [3.05, 3.63) is 0 Å². The highest BCUT2D eigenvalue weighted by Gasteiger charge is 2.34. The van der Waals surface area contributed by atoms with Crippen molar-refractivity contribution in [1.29, 1.82) is 0 Å². The van der Waals surface area contributed by atoms with Gasteiger partial charge in [0.25, 0.3) is 0 Å². The molecule has 1 fully saturated rings. The first-order valence-electron chi connectivity index (χ1n) is 6.12.